The molecule has 4 heteroatoms. The number of fused-ring (bicyclic) bond motifs is 5. The molecule has 0 unspecified atom stereocenters. The molecule has 3 aromatic heterocycles. The highest BCUT2D eigenvalue weighted by molar-refractivity contribution is 6.09. The first-order valence-corrected chi connectivity index (χ1v) is 14.0. The van der Waals surface area contributed by atoms with Gasteiger partial charge in [0.1, 0.15) is 17.3 Å². The Hall–Kier alpha value is -5.22. The predicted molar refractivity (Wildman–Crippen MR) is 169 cm³/mol. The minimum absolute atomic E-state index is 0.253. The zero-order valence-corrected chi connectivity index (χ0v) is 23.0. The van der Waals surface area contributed by atoms with Gasteiger partial charge in [-0.2, -0.15) is 0 Å². The van der Waals surface area contributed by atoms with Crippen molar-refractivity contribution in [2.75, 3.05) is 4.90 Å². The smallest absolute Gasteiger partial charge is 0.148 e. The minimum Gasteiger partial charge on any atom is -0.294 e. The Bertz CT molecular complexity index is 2070. The lowest BCUT2D eigenvalue weighted by atomic mass is 9.74. The quantitative estimate of drug-likeness (QED) is 0.229. The third-order valence-electron chi connectivity index (χ3n) is 8.38. The fraction of sp³-hybridized carbons (Fsp3) is 0.0811. The van der Waals surface area contributed by atoms with E-state index in [9.17, 15) is 0 Å². The zero-order chi connectivity index (χ0) is 27.6. The second-order valence-electron chi connectivity index (χ2n) is 11.1. The van der Waals surface area contributed by atoms with Crippen LogP contribution < -0.4 is 4.90 Å². The average Bonchev–Trinajstić information content (AvgIpc) is 3.35. The molecule has 1 aliphatic rings. The molecule has 0 bridgehead atoms. The van der Waals surface area contributed by atoms with Crippen LogP contribution in [0.2, 0.25) is 0 Å². The van der Waals surface area contributed by atoms with Crippen LogP contribution >= 0.6 is 0 Å². The van der Waals surface area contributed by atoms with Crippen LogP contribution in [0.3, 0.4) is 0 Å². The Balaban J connectivity index is 1.46. The molecule has 0 fully saturated rings. The van der Waals surface area contributed by atoms with Crippen LogP contribution in [-0.4, -0.2) is 14.5 Å². The monoisotopic (exact) mass is 528 g/mol. The van der Waals surface area contributed by atoms with E-state index < -0.39 is 0 Å². The molecule has 0 radical (unpaired) electrons. The molecular weight excluding hydrogens is 500 g/mol. The van der Waals surface area contributed by atoms with Crippen molar-refractivity contribution in [3.05, 3.63) is 145 Å². The Morgan fingerprint density at radius 1 is 0.585 bits per heavy atom. The molecule has 0 amide bonds. The third-order valence-corrected chi connectivity index (χ3v) is 8.38. The maximum atomic E-state index is 5.53. The van der Waals surface area contributed by atoms with Crippen LogP contribution in [0.1, 0.15) is 25.0 Å². The maximum Gasteiger partial charge on any atom is 0.148 e. The average molecular weight is 529 g/mol. The van der Waals surface area contributed by atoms with E-state index in [1.54, 1.807) is 0 Å². The number of nitrogens with zero attached hydrogens (tertiary/aromatic N) is 4. The van der Waals surface area contributed by atoms with Crippen molar-refractivity contribution < 1.29 is 0 Å². The van der Waals surface area contributed by atoms with Gasteiger partial charge in [-0.1, -0.05) is 105 Å². The van der Waals surface area contributed by atoms with Crippen molar-refractivity contribution in [2.45, 2.75) is 19.3 Å². The first-order valence-electron chi connectivity index (χ1n) is 14.0. The summed E-state index contributed by atoms with van der Waals surface area (Å²) >= 11 is 0. The topological polar surface area (TPSA) is 34.0 Å². The summed E-state index contributed by atoms with van der Waals surface area (Å²) in [4.78, 5) is 13.0. The summed E-state index contributed by atoms with van der Waals surface area (Å²) in [6.07, 6.45) is 0. The molecular formula is C37H28N4. The van der Waals surface area contributed by atoms with Gasteiger partial charge in [-0.25, -0.2) is 9.97 Å². The molecule has 0 aliphatic carbocycles. The molecule has 7 aromatic rings. The number of rotatable bonds is 3. The summed E-state index contributed by atoms with van der Waals surface area (Å²) in [6, 6.07) is 46.8. The van der Waals surface area contributed by atoms with E-state index in [0.717, 1.165) is 50.8 Å². The Labute approximate surface area is 239 Å². The summed E-state index contributed by atoms with van der Waals surface area (Å²) in [5.74, 6) is 1.77. The SMILES string of the molecule is CC1(C)c2ccccc2N(c2cccc(-c3ccccc3)n2)c2nc3c(cc21)c1ccccc1n3-c1ccccc1. The van der Waals surface area contributed by atoms with Crippen LogP contribution in [0.5, 0.6) is 0 Å². The van der Waals surface area contributed by atoms with Gasteiger partial charge >= 0.3 is 0 Å². The Morgan fingerprint density at radius 2 is 1.29 bits per heavy atom. The second kappa shape index (κ2) is 8.90. The second-order valence-corrected chi connectivity index (χ2v) is 11.1. The summed E-state index contributed by atoms with van der Waals surface area (Å²) < 4.78 is 2.28. The molecule has 4 aromatic carbocycles. The number of hydrogen-bond donors (Lipinski definition) is 0. The number of anilines is 3. The Morgan fingerprint density at radius 3 is 2.12 bits per heavy atom. The molecule has 4 nitrogen and oxygen atoms in total. The van der Waals surface area contributed by atoms with Gasteiger partial charge in [0.25, 0.3) is 0 Å². The van der Waals surface area contributed by atoms with Gasteiger partial charge < -0.3 is 0 Å². The van der Waals surface area contributed by atoms with E-state index in [2.05, 4.69) is 151 Å². The van der Waals surface area contributed by atoms with Crippen LogP contribution in [0.25, 0.3) is 38.9 Å². The lowest BCUT2D eigenvalue weighted by molar-refractivity contribution is 0.628. The third kappa shape index (κ3) is 3.54. The first kappa shape index (κ1) is 23.6. The Kier molecular flexibility index (Phi) is 5.13. The standard InChI is InChI=1S/C37H28N4/c1-37(2)29-19-10-12-22-33(29)41(34-23-13-20-31(38-34)25-14-5-3-6-15-25)36-30(37)24-28-27-18-9-11-21-32(27)40(35(28)39-36)26-16-7-4-8-17-26/h3-24H,1-2H3. The molecule has 1 aliphatic heterocycles. The van der Waals surface area contributed by atoms with Crippen LogP contribution in [-0.2, 0) is 5.41 Å². The summed E-state index contributed by atoms with van der Waals surface area (Å²) in [5, 5.41) is 2.36. The molecule has 196 valence electrons. The van der Waals surface area contributed by atoms with Gasteiger partial charge in [0.2, 0.25) is 0 Å². The molecule has 0 saturated carbocycles. The van der Waals surface area contributed by atoms with Crippen molar-refractivity contribution in [3.8, 4) is 16.9 Å². The number of hydrogen-bond acceptors (Lipinski definition) is 3. The molecule has 0 saturated heterocycles. The van der Waals surface area contributed by atoms with Crippen molar-refractivity contribution in [1.29, 1.82) is 0 Å². The largest absolute Gasteiger partial charge is 0.294 e. The van der Waals surface area contributed by atoms with Crippen LogP contribution in [0.4, 0.5) is 17.3 Å². The van der Waals surface area contributed by atoms with Gasteiger partial charge in [0.15, 0.2) is 0 Å². The number of pyridine rings is 2. The van der Waals surface area contributed by atoms with Gasteiger partial charge in [-0.05, 0) is 48.0 Å². The first-order chi connectivity index (χ1) is 20.1. The van der Waals surface area contributed by atoms with Gasteiger partial charge in [0, 0.05) is 33.0 Å². The van der Waals surface area contributed by atoms with Gasteiger partial charge in [0.05, 0.1) is 16.9 Å². The van der Waals surface area contributed by atoms with E-state index >= 15 is 0 Å². The number of aromatic nitrogens is 3. The van der Waals surface area contributed by atoms with E-state index in [1.165, 1.54) is 16.5 Å². The van der Waals surface area contributed by atoms with E-state index in [0.29, 0.717) is 0 Å². The fourth-order valence-electron chi connectivity index (χ4n) is 6.35. The summed E-state index contributed by atoms with van der Waals surface area (Å²) in [5.41, 5.74) is 8.51. The van der Waals surface area contributed by atoms with Crippen LogP contribution in [0.15, 0.2) is 133 Å². The molecule has 0 N–H and O–H groups in total. The minimum atomic E-state index is -0.253. The van der Waals surface area contributed by atoms with E-state index in [-0.39, 0.29) is 5.41 Å². The van der Waals surface area contributed by atoms with E-state index in [1.807, 2.05) is 6.07 Å². The number of para-hydroxylation sites is 3. The fourth-order valence-corrected chi connectivity index (χ4v) is 6.35. The highest BCUT2D eigenvalue weighted by Crippen LogP contribution is 2.52. The van der Waals surface area contributed by atoms with Gasteiger partial charge in [-0.15, -0.1) is 0 Å². The lowest BCUT2D eigenvalue weighted by Gasteiger charge is -2.40. The summed E-state index contributed by atoms with van der Waals surface area (Å²) in [7, 11) is 0. The molecule has 0 spiro atoms. The van der Waals surface area contributed by atoms with Crippen molar-refractivity contribution in [3.63, 3.8) is 0 Å². The molecule has 4 heterocycles. The van der Waals surface area contributed by atoms with Crippen molar-refractivity contribution in [2.24, 2.45) is 0 Å². The predicted octanol–water partition coefficient (Wildman–Crippen LogP) is 9.35. The van der Waals surface area contributed by atoms with Gasteiger partial charge in [-0.3, -0.25) is 9.47 Å². The number of benzene rings is 4. The van der Waals surface area contributed by atoms with Crippen molar-refractivity contribution >= 4 is 39.3 Å². The molecule has 41 heavy (non-hydrogen) atoms. The summed E-state index contributed by atoms with van der Waals surface area (Å²) in [6.45, 7) is 4.61. The highest BCUT2D eigenvalue weighted by Gasteiger charge is 2.39. The molecule has 8 rings (SSSR count). The highest BCUT2D eigenvalue weighted by atomic mass is 15.3. The lowest BCUT2D eigenvalue weighted by Crippen LogP contribution is -2.31. The zero-order valence-electron chi connectivity index (χ0n) is 23.0. The van der Waals surface area contributed by atoms with Crippen LogP contribution in [0, 0.1) is 0 Å². The van der Waals surface area contributed by atoms with Crippen molar-refractivity contribution in [1.82, 2.24) is 14.5 Å². The maximum absolute atomic E-state index is 5.53. The van der Waals surface area contributed by atoms with E-state index in [4.69, 9.17) is 9.97 Å². The normalized spacial score (nSPS) is 13.8. The molecule has 0 atom stereocenters.